The van der Waals surface area contributed by atoms with Crippen molar-refractivity contribution < 1.29 is 13.2 Å². The number of carbonyl (C=O) groups excluding carboxylic acids is 1. The summed E-state index contributed by atoms with van der Waals surface area (Å²) >= 11 is 0. The summed E-state index contributed by atoms with van der Waals surface area (Å²) in [7, 11) is -3.17. The van der Waals surface area contributed by atoms with Crippen LogP contribution in [0.2, 0.25) is 0 Å². The van der Waals surface area contributed by atoms with Crippen LogP contribution in [0.3, 0.4) is 0 Å². The molecule has 4 aliphatic rings. The molecule has 0 aromatic rings. The van der Waals surface area contributed by atoms with Gasteiger partial charge in [0.15, 0.2) is 0 Å². The number of nitrogens with zero attached hydrogens (tertiary/aromatic N) is 3. The van der Waals surface area contributed by atoms with Crippen LogP contribution in [0.25, 0.3) is 0 Å². The zero-order valence-corrected chi connectivity index (χ0v) is 14.0. The molecule has 7 nitrogen and oxygen atoms in total. The lowest BCUT2D eigenvalue weighted by Crippen LogP contribution is -2.59. The summed E-state index contributed by atoms with van der Waals surface area (Å²) < 4.78 is 24.8. The maximum absolute atomic E-state index is 12.6. The fourth-order valence-electron chi connectivity index (χ4n) is 3.75. The number of piperidine rings is 1. The van der Waals surface area contributed by atoms with Crippen molar-refractivity contribution in [3.63, 3.8) is 0 Å². The van der Waals surface area contributed by atoms with Gasteiger partial charge in [0.25, 0.3) is 0 Å². The van der Waals surface area contributed by atoms with E-state index in [1.165, 1.54) is 10.6 Å². The lowest BCUT2D eigenvalue weighted by Gasteiger charge is -2.38. The average Bonchev–Trinajstić information content (AvgIpc) is 2.82. The fraction of sp³-hybridized carbons (Fsp3) is 0.929. The molecule has 8 heteroatoms. The number of hydrogen-bond acceptors (Lipinski definition) is 5. The van der Waals surface area contributed by atoms with Crippen molar-refractivity contribution in [1.29, 1.82) is 0 Å². The van der Waals surface area contributed by atoms with Crippen LogP contribution in [0.4, 0.5) is 0 Å². The lowest BCUT2D eigenvalue weighted by atomic mass is 10.1. The Kier molecular flexibility index (Phi) is 4.72. The Morgan fingerprint density at radius 1 is 1.05 bits per heavy atom. The molecule has 126 valence electrons. The van der Waals surface area contributed by atoms with E-state index in [9.17, 15) is 13.2 Å². The minimum absolute atomic E-state index is 0.0612. The first-order valence-corrected chi connectivity index (χ1v) is 10.0. The highest BCUT2D eigenvalue weighted by Gasteiger charge is 2.36. The highest BCUT2D eigenvalue weighted by Crippen LogP contribution is 2.17. The molecule has 4 fully saturated rings. The molecule has 0 saturated carbocycles. The van der Waals surface area contributed by atoms with E-state index in [0.717, 1.165) is 52.0 Å². The molecule has 4 heterocycles. The highest BCUT2D eigenvalue weighted by molar-refractivity contribution is 7.88. The van der Waals surface area contributed by atoms with Crippen molar-refractivity contribution in [2.45, 2.75) is 31.3 Å². The summed E-state index contributed by atoms with van der Waals surface area (Å²) in [5, 5.41) is 3.09. The maximum atomic E-state index is 12.6. The quantitative estimate of drug-likeness (QED) is 0.712. The monoisotopic (exact) mass is 330 g/mol. The molecule has 4 aliphatic heterocycles. The summed E-state index contributed by atoms with van der Waals surface area (Å²) in [5.74, 6) is 0.0620. The van der Waals surface area contributed by atoms with Crippen LogP contribution >= 0.6 is 0 Å². The van der Waals surface area contributed by atoms with E-state index < -0.39 is 10.0 Å². The zero-order valence-electron chi connectivity index (χ0n) is 13.2. The average molecular weight is 330 g/mol. The van der Waals surface area contributed by atoms with Gasteiger partial charge in [-0.15, -0.1) is 0 Å². The summed E-state index contributed by atoms with van der Waals surface area (Å²) in [6.07, 6.45) is 4.02. The van der Waals surface area contributed by atoms with E-state index >= 15 is 0 Å². The van der Waals surface area contributed by atoms with Gasteiger partial charge >= 0.3 is 0 Å². The summed E-state index contributed by atoms with van der Waals surface area (Å²) in [4.78, 5) is 17.3. The van der Waals surface area contributed by atoms with Crippen LogP contribution in [0.5, 0.6) is 0 Å². The largest absolute Gasteiger partial charge is 0.351 e. The van der Waals surface area contributed by atoms with E-state index in [4.69, 9.17) is 0 Å². The molecule has 0 aromatic carbocycles. The van der Waals surface area contributed by atoms with Crippen LogP contribution in [0, 0.1) is 0 Å². The third-order valence-electron chi connectivity index (χ3n) is 5.00. The van der Waals surface area contributed by atoms with Gasteiger partial charge in [-0.25, -0.2) is 12.7 Å². The second-order valence-corrected chi connectivity index (χ2v) is 8.66. The molecule has 22 heavy (non-hydrogen) atoms. The van der Waals surface area contributed by atoms with Crippen LogP contribution in [-0.4, -0.2) is 92.6 Å². The van der Waals surface area contributed by atoms with Gasteiger partial charge in [-0.2, -0.15) is 0 Å². The van der Waals surface area contributed by atoms with Gasteiger partial charge in [0.2, 0.25) is 15.9 Å². The first-order chi connectivity index (χ1) is 10.4. The summed E-state index contributed by atoms with van der Waals surface area (Å²) in [6, 6.07) is -0.140. The SMILES string of the molecule is CS(=O)(=O)N1CCCC(NC(=O)C2CN3CCCN2CC3)C1. The first kappa shape index (κ1) is 16.2. The van der Waals surface area contributed by atoms with Crippen LogP contribution in [0.15, 0.2) is 0 Å². The normalized spacial score (nSPS) is 36.8. The van der Waals surface area contributed by atoms with E-state index in [2.05, 4.69) is 15.1 Å². The van der Waals surface area contributed by atoms with Crippen molar-refractivity contribution >= 4 is 15.9 Å². The predicted octanol–water partition coefficient (Wildman–Crippen LogP) is -1.08. The molecule has 4 atom stereocenters. The van der Waals surface area contributed by atoms with Crippen LogP contribution in [0.1, 0.15) is 19.3 Å². The van der Waals surface area contributed by atoms with E-state index in [-0.39, 0.29) is 18.0 Å². The lowest BCUT2D eigenvalue weighted by molar-refractivity contribution is -0.129. The number of fused-ring (bicyclic) bond motifs is 4. The number of rotatable bonds is 3. The minimum Gasteiger partial charge on any atom is -0.351 e. The number of hydrogen-bond donors (Lipinski definition) is 1. The van der Waals surface area contributed by atoms with E-state index in [1.54, 1.807) is 0 Å². The Labute approximate surface area is 132 Å². The molecule has 2 bridgehead atoms. The molecular weight excluding hydrogens is 304 g/mol. The zero-order chi connectivity index (χ0) is 15.7. The Morgan fingerprint density at radius 3 is 2.64 bits per heavy atom. The van der Waals surface area contributed by atoms with Gasteiger partial charge in [0.05, 0.1) is 6.26 Å². The second kappa shape index (κ2) is 6.43. The Balaban J connectivity index is 1.59. The second-order valence-electron chi connectivity index (χ2n) is 6.67. The van der Waals surface area contributed by atoms with Crippen molar-refractivity contribution in [1.82, 2.24) is 19.4 Å². The van der Waals surface area contributed by atoms with Gasteiger partial charge in [-0.05, 0) is 25.8 Å². The maximum Gasteiger partial charge on any atom is 0.238 e. The van der Waals surface area contributed by atoms with Crippen molar-refractivity contribution in [2.75, 3.05) is 52.1 Å². The Morgan fingerprint density at radius 2 is 1.86 bits per heavy atom. The smallest absolute Gasteiger partial charge is 0.238 e. The van der Waals surface area contributed by atoms with Gasteiger partial charge in [-0.3, -0.25) is 14.6 Å². The topological polar surface area (TPSA) is 73.0 Å². The molecular formula is C14H26N4O3S. The van der Waals surface area contributed by atoms with Gasteiger partial charge in [-0.1, -0.05) is 0 Å². The third-order valence-corrected chi connectivity index (χ3v) is 6.27. The number of piperazine rings is 1. The number of amides is 1. The third kappa shape index (κ3) is 3.61. The highest BCUT2D eigenvalue weighted by atomic mass is 32.2. The molecule has 4 saturated heterocycles. The standard InChI is InChI=1S/C14H26N4O3S/c1-22(20,21)18-7-2-4-12(10-18)15-14(19)13-11-16-5-3-6-17(13)9-8-16/h12-13H,2-11H2,1H3,(H,15,19). The summed E-state index contributed by atoms with van der Waals surface area (Å²) in [6.45, 7) is 5.83. The number of nitrogens with one attached hydrogen (secondary N) is 1. The molecule has 0 spiro atoms. The molecule has 4 unspecified atom stereocenters. The Bertz CT molecular complexity index is 520. The molecule has 0 aromatic heterocycles. The van der Waals surface area contributed by atoms with E-state index in [0.29, 0.717) is 13.1 Å². The minimum atomic E-state index is -3.17. The molecule has 4 rings (SSSR count). The number of carbonyl (C=O) groups is 1. The van der Waals surface area contributed by atoms with Crippen molar-refractivity contribution in [3.05, 3.63) is 0 Å². The van der Waals surface area contributed by atoms with Gasteiger partial charge in [0, 0.05) is 45.3 Å². The van der Waals surface area contributed by atoms with Crippen molar-refractivity contribution in [2.24, 2.45) is 0 Å². The van der Waals surface area contributed by atoms with E-state index in [1.807, 2.05) is 0 Å². The predicted molar refractivity (Wildman–Crippen MR) is 84.0 cm³/mol. The molecule has 0 radical (unpaired) electrons. The van der Waals surface area contributed by atoms with Crippen LogP contribution < -0.4 is 5.32 Å². The molecule has 0 aliphatic carbocycles. The Hall–Kier alpha value is -0.700. The first-order valence-electron chi connectivity index (χ1n) is 8.15. The molecule has 1 N–H and O–H groups in total. The number of sulfonamides is 1. The van der Waals surface area contributed by atoms with Gasteiger partial charge in [0.1, 0.15) is 6.04 Å². The fourth-order valence-corrected chi connectivity index (χ4v) is 4.66. The molecule has 1 amide bonds. The van der Waals surface area contributed by atoms with Crippen molar-refractivity contribution in [3.8, 4) is 0 Å². The van der Waals surface area contributed by atoms with Crippen LogP contribution in [-0.2, 0) is 14.8 Å². The van der Waals surface area contributed by atoms with Gasteiger partial charge < -0.3 is 5.32 Å². The summed E-state index contributed by atoms with van der Waals surface area (Å²) in [5.41, 5.74) is 0.